The molecule has 0 saturated heterocycles. The second-order valence-electron chi connectivity index (χ2n) is 8.23. The van der Waals surface area contributed by atoms with Gasteiger partial charge in [0.05, 0.1) is 17.5 Å². The lowest BCUT2D eigenvalue weighted by atomic mass is 10.0. The van der Waals surface area contributed by atoms with Crippen LogP contribution in [0.3, 0.4) is 0 Å². The summed E-state index contributed by atoms with van der Waals surface area (Å²) in [4.78, 5) is 37.9. The molecule has 1 aromatic heterocycles. The van der Waals surface area contributed by atoms with Gasteiger partial charge >= 0.3 is 5.97 Å². The Kier molecular flexibility index (Phi) is 8.53. The van der Waals surface area contributed by atoms with E-state index in [9.17, 15) is 19.5 Å². The third-order valence-electron chi connectivity index (χ3n) is 5.50. The van der Waals surface area contributed by atoms with Gasteiger partial charge in [-0.15, -0.1) is 0 Å². The van der Waals surface area contributed by atoms with Gasteiger partial charge in [0.25, 0.3) is 0 Å². The Morgan fingerprint density at radius 3 is 2.43 bits per heavy atom. The first kappa shape index (κ1) is 27.2. The van der Waals surface area contributed by atoms with Crippen molar-refractivity contribution >= 4 is 40.7 Å². The number of amidine groups is 1. The van der Waals surface area contributed by atoms with Crippen LogP contribution in [0.2, 0.25) is 5.22 Å². The summed E-state index contributed by atoms with van der Waals surface area (Å²) >= 11 is 6.28. The van der Waals surface area contributed by atoms with Gasteiger partial charge in [0, 0.05) is 37.0 Å². The molecule has 0 bridgehead atoms. The Hall–Kier alpha value is -4.35. The molecule has 12 heteroatoms. The number of nitrogens with zero attached hydrogens (tertiary/aromatic N) is 1. The maximum atomic E-state index is 13.5. The van der Waals surface area contributed by atoms with Crippen LogP contribution in [0.4, 0.5) is 11.4 Å². The van der Waals surface area contributed by atoms with E-state index < -0.39 is 17.3 Å². The monoisotopic (exact) mass is 526 g/mol. The van der Waals surface area contributed by atoms with E-state index in [-0.39, 0.29) is 57.8 Å². The van der Waals surface area contributed by atoms with E-state index in [1.54, 1.807) is 36.3 Å². The smallest absolute Gasteiger partial charge is 0.335 e. The van der Waals surface area contributed by atoms with Crippen LogP contribution in [0.5, 0.6) is 0 Å². The van der Waals surface area contributed by atoms with Crippen molar-refractivity contribution < 1.29 is 19.1 Å². The fourth-order valence-electron chi connectivity index (χ4n) is 3.44. The zero-order valence-corrected chi connectivity index (χ0v) is 21.0. The lowest BCUT2D eigenvalue weighted by Crippen LogP contribution is -2.31. The number of hydrogen-bond acceptors (Lipinski definition) is 8. The van der Waals surface area contributed by atoms with E-state index in [1.807, 2.05) is 6.92 Å². The number of carbonyl (C=O) groups excluding carboxylic acids is 1. The number of anilines is 2. The van der Waals surface area contributed by atoms with E-state index in [0.717, 1.165) is 5.56 Å². The first-order valence-corrected chi connectivity index (χ1v) is 11.6. The zero-order valence-electron chi connectivity index (χ0n) is 20.2. The summed E-state index contributed by atoms with van der Waals surface area (Å²) in [5.74, 6) is -1.83. The minimum atomic E-state index is -1.22. The highest BCUT2D eigenvalue weighted by Crippen LogP contribution is 2.31. The standard InChI is InChI=1S/C25H27ClN6O5/c1-3-32(2)31-20-21(34)18(11-19(33)30-12-13-4-6-14(7-5-13)24(28)29)22(37-23(20)26)15-8-16(25(35)36)10-17(27)9-15/h4-10,31H,3,11-12,27H2,1-2H3,(H3,28,29)(H,30,33)(H,35,36). The lowest BCUT2D eigenvalue weighted by molar-refractivity contribution is -0.120. The molecule has 3 rings (SSSR count). The Balaban J connectivity index is 1.99. The summed E-state index contributed by atoms with van der Waals surface area (Å²) in [6.07, 6.45) is -0.373. The van der Waals surface area contributed by atoms with Crippen molar-refractivity contribution in [3.05, 3.63) is 80.2 Å². The number of benzene rings is 2. The highest BCUT2D eigenvalue weighted by atomic mass is 35.5. The van der Waals surface area contributed by atoms with Crippen LogP contribution in [0, 0.1) is 5.41 Å². The van der Waals surface area contributed by atoms with Gasteiger partial charge < -0.3 is 31.7 Å². The summed E-state index contributed by atoms with van der Waals surface area (Å²) in [6, 6.07) is 10.8. The molecule has 0 aliphatic carbocycles. The normalized spacial score (nSPS) is 10.8. The summed E-state index contributed by atoms with van der Waals surface area (Å²) in [7, 11) is 1.70. The molecular formula is C25H27ClN6O5. The van der Waals surface area contributed by atoms with Gasteiger partial charge in [-0.3, -0.25) is 15.0 Å². The van der Waals surface area contributed by atoms with Gasteiger partial charge in [-0.1, -0.05) is 31.2 Å². The van der Waals surface area contributed by atoms with Gasteiger partial charge in [0.15, 0.2) is 5.69 Å². The first-order valence-electron chi connectivity index (χ1n) is 11.2. The number of hydrazine groups is 1. The topological polar surface area (TPSA) is 188 Å². The van der Waals surface area contributed by atoms with Gasteiger partial charge in [-0.25, -0.2) is 9.80 Å². The fraction of sp³-hybridized carbons (Fsp3) is 0.200. The molecular weight excluding hydrogens is 500 g/mol. The highest BCUT2D eigenvalue weighted by Gasteiger charge is 2.23. The molecule has 194 valence electrons. The highest BCUT2D eigenvalue weighted by molar-refractivity contribution is 6.31. The van der Waals surface area contributed by atoms with Crippen LogP contribution in [0.15, 0.2) is 51.7 Å². The Bertz CT molecular complexity index is 1400. The molecule has 0 radical (unpaired) electrons. The maximum absolute atomic E-state index is 13.5. The summed E-state index contributed by atoms with van der Waals surface area (Å²) < 4.78 is 5.76. The average Bonchev–Trinajstić information content (AvgIpc) is 2.86. The number of aromatic carboxylic acids is 1. The predicted octanol–water partition coefficient (Wildman–Crippen LogP) is 2.66. The third-order valence-corrected chi connectivity index (χ3v) is 5.76. The summed E-state index contributed by atoms with van der Waals surface area (Å²) in [6.45, 7) is 2.55. The number of amides is 1. The van der Waals surface area contributed by atoms with Crippen LogP contribution < -0.4 is 27.6 Å². The number of halogens is 1. The van der Waals surface area contributed by atoms with Crippen LogP contribution >= 0.6 is 11.6 Å². The Morgan fingerprint density at radius 1 is 1.16 bits per heavy atom. The van der Waals surface area contributed by atoms with E-state index in [2.05, 4.69) is 10.7 Å². The minimum absolute atomic E-state index is 0.0252. The number of rotatable bonds is 10. The third kappa shape index (κ3) is 6.66. The molecule has 0 saturated carbocycles. The number of carboxylic acids is 1. The number of carboxylic acid groups (broad SMARTS) is 1. The minimum Gasteiger partial charge on any atom is -0.478 e. The number of nitrogen functional groups attached to an aromatic ring is 2. The Labute approximate surface area is 217 Å². The maximum Gasteiger partial charge on any atom is 0.335 e. The van der Waals surface area contributed by atoms with Gasteiger partial charge in [0.1, 0.15) is 11.6 Å². The van der Waals surface area contributed by atoms with E-state index in [4.69, 9.17) is 32.9 Å². The number of hydrogen-bond donors (Lipinski definition) is 6. The predicted molar refractivity (Wildman–Crippen MR) is 142 cm³/mol. The molecule has 37 heavy (non-hydrogen) atoms. The zero-order chi connectivity index (χ0) is 27.3. The molecule has 1 amide bonds. The first-order chi connectivity index (χ1) is 17.5. The second-order valence-corrected chi connectivity index (χ2v) is 8.57. The van der Waals surface area contributed by atoms with E-state index in [0.29, 0.717) is 12.1 Å². The molecule has 0 aliphatic rings. The molecule has 11 nitrogen and oxygen atoms in total. The van der Waals surface area contributed by atoms with E-state index >= 15 is 0 Å². The van der Waals surface area contributed by atoms with Crippen molar-refractivity contribution in [2.75, 3.05) is 24.8 Å². The Morgan fingerprint density at radius 2 is 1.84 bits per heavy atom. The quantitative estimate of drug-likeness (QED) is 0.0998. The lowest BCUT2D eigenvalue weighted by Gasteiger charge is -2.19. The molecule has 0 aliphatic heterocycles. The molecule has 0 fully saturated rings. The number of nitrogens with one attached hydrogen (secondary N) is 3. The van der Waals surface area contributed by atoms with Crippen LogP contribution in [0.1, 0.15) is 34.0 Å². The molecule has 1 heterocycles. The molecule has 0 unspecified atom stereocenters. The molecule has 2 aromatic carbocycles. The van der Waals surface area contributed by atoms with E-state index in [1.165, 1.54) is 18.2 Å². The van der Waals surface area contributed by atoms with Crippen molar-refractivity contribution in [3.63, 3.8) is 0 Å². The molecule has 8 N–H and O–H groups in total. The van der Waals surface area contributed by atoms with Crippen LogP contribution in [-0.4, -0.2) is 41.4 Å². The second kappa shape index (κ2) is 11.6. The number of carbonyl (C=O) groups is 2. The number of nitrogens with two attached hydrogens (primary N) is 2. The fourth-order valence-corrected chi connectivity index (χ4v) is 3.64. The van der Waals surface area contributed by atoms with Crippen LogP contribution in [0.25, 0.3) is 11.3 Å². The van der Waals surface area contributed by atoms with Crippen LogP contribution in [-0.2, 0) is 17.8 Å². The summed E-state index contributed by atoms with van der Waals surface area (Å²) in [5, 5.41) is 21.0. The largest absolute Gasteiger partial charge is 0.478 e. The molecule has 0 atom stereocenters. The SMILES string of the molecule is CCN(C)Nc1c(Cl)oc(-c2cc(N)cc(C(=O)O)c2)c(CC(=O)NCc2ccc(C(=N)N)cc2)c1=O. The van der Waals surface area contributed by atoms with Crippen molar-refractivity contribution in [3.8, 4) is 11.3 Å². The van der Waals surface area contributed by atoms with Gasteiger partial charge in [-0.05, 0) is 35.4 Å². The summed E-state index contributed by atoms with van der Waals surface area (Å²) in [5.41, 5.74) is 15.1. The molecule has 0 spiro atoms. The van der Waals surface area contributed by atoms with Crippen molar-refractivity contribution in [2.24, 2.45) is 5.73 Å². The van der Waals surface area contributed by atoms with Crippen molar-refractivity contribution in [2.45, 2.75) is 19.9 Å². The average molecular weight is 527 g/mol. The van der Waals surface area contributed by atoms with Gasteiger partial charge in [0.2, 0.25) is 16.6 Å². The molecule has 3 aromatic rings. The van der Waals surface area contributed by atoms with Crippen molar-refractivity contribution in [1.29, 1.82) is 5.41 Å². The van der Waals surface area contributed by atoms with Gasteiger partial charge in [-0.2, -0.15) is 0 Å². The van der Waals surface area contributed by atoms with Crippen molar-refractivity contribution in [1.82, 2.24) is 10.3 Å².